The van der Waals surface area contributed by atoms with Crippen LogP contribution in [0.25, 0.3) is 0 Å². The topological polar surface area (TPSA) is 37.8 Å². The number of pyridine rings is 2. The van der Waals surface area contributed by atoms with Gasteiger partial charge in [0, 0.05) is 29.6 Å². The van der Waals surface area contributed by atoms with E-state index in [1.807, 2.05) is 18.2 Å². The zero-order chi connectivity index (χ0) is 11.4. The van der Waals surface area contributed by atoms with Crippen LogP contribution >= 0.6 is 31.9 Å². The molecule has 1 N–H and O–H groups in total. The van der Waals surface area contributed by atoms with Gasteiger partial charge in [0.2, 0.25) is 0 Å². The Morgan fingerprint density at radius 3 is 2.62 bits per heavy atom. The monoisotopic (exact) mass is 341 g/mol. The van der Waals surface area contributed by atoms with Gasteiger partial charge >= 0.3 is 0 Å². The molecule has 82 valence electrons. The standard InChI is InChI=1S/C11H9Br2N3/c12-9-5-10(13)11(16-7-9)15-6-8-1-3-14-4-2-8/h1-5,7H,6H2,(H,15,16). The van der Waals surface area contributed by atoms with Crippen molar-refractivity contribution in [1.82, 2.24) is 9.97 Å². The van der Waals surface area contributed by atoms with Gasteiger partial charge in [0.15, 0.2) is 0 Å². The predicted molar refractivity (Wildman–Crippen MR) is 71.2 cm³/mol. The highest BCUT2D eigenvalue weighted by atomic mass is 79.9. The minimum Gasteiger partial charge on any atom is -0.365 e. The van der Waals surface area contributed by atoms with Crippen molar-refractivity contribution in [3.8, 4) is 0 Å². The van der Waals surface area contributed by atoms with E-state index in [2.05, 4.69) is 47.1 Å². The number of halogens is 2. The van der Waals surface area contributed by atoms with E-state index >= 15 is 0 Å². The number of nitrogens with one attached hydrogen (secondary N) is 1. The van der Waals surface area contributed by atoms with E-state index in [0.717, 1.165) is 21.3 Å². The van der Waals surface area contributed by atoms with Crippen LogP contribution in [0.2, 0.25) is 0 Å². The van der Waals surface area contributed by atoms with E-state index in [9.17, 15) is 0 Å². The fraction of sp³-hybridized carbons (Fsp3) is 0.0909. The highest BCUT2D eigenvalue weighted by molar-refractivity contribution is 9.11. The zero-order valence-electron chi connectivity index (χ0n) is 8.32. The lowest BCUT2D eigenvalue weighted by atomic mass is 10.3. The first kappa shape index (κ1) is 11.5. The first-order valence-corrected chi connectivity index (χ1v) is 6.28. The van der Waals surface area contributed by atoms with Gasteiger partial charge in [0.25, 0.3) is 0 Å². The molecule has 0 unspecified atom stereocenters. The lowest BCUT2D eigenvalue weighted by Crippen LogP contribution is -2.01. The van der Waals surface area contributed by atoms with Crippen LogP contribution in [0, 0.1) is 0 Å². The van der Waals surface area contributed by atoms with Crippen LogP contribution in [-0.2, 0) is 6.54 Å². The molecule has 3 nitrogen and oxygen atoms in total. The summed E-state index contributed by atoms with van der Waals surface area (Å²) in [6, 6.07) is 5.90. The second kappa shape index (κ2) is 5.41. The van der Waals surface area contributed by atoms with E-state index in [1.54, 1.807) is 18.6 Å². The van der Waals surface area contributed by atoms with Gasteiger partial charge < -0.3 is 5.32 Å². The third kappa shape index (κ3) is 3.02. The van der Waals surface area contributed by atoms with Gasteiger partial charge in [0.1, 0.15) is 5.82 Å². The van der Waals surface area contributed by atoms with Gasteiger partial charge in [-0.3, -0.25) is 4.98 Å². The van der Waals surface area contributed by atoms with Crippen molar-refractivity contribution < 1.29 is 0 Å². The summed E-state index contributed by atoms with van der Waals surface area (Å²) >= 11 is 6.82. The maximum Gasteiger partial charge on any atom is 0.140 e. The van der Waals surface area contributed by atoms with Crippen molar-refractivity contribution >= 4 is 37.7 Å². The Bertz CT molecular complexity index is 474. The Hall–Kier alpha value is -0.940. The number of aromatic nitrogens is 2. The van der Waals surface area contributed by atoms with Crippen LogP contribution in [0.1, 0.15) is 5.56 Å². The fourth-order valence-corrected chi connectivity index (χ4v) is 2.36. The molecule has 2 aromatic rings. The first-order valence-electron chi connectivity index (χ1n) is 4.69. The Morgan fingerprint density at radius 1 is 1.19 bits per heavy atom. The van der Waals surface area contributed by atoms with Gasteiger partial charge in [-0.1, -0.05) is 0 Å². The molecular weight excluding hydrogens is 334 g/mol. The van der Waals surface area contributed by atoms with Gasteiger partial charge in [-0.15, -0.1) is 0 Å². The third-order valence-corrected chi connectivity index (χ3v) is 3.06. The second-order valence-electron chi connectivity index (χ2n) is 3.19. The van der Waals surface area contributed by atoms with Crippen LogP contribution in [0.3, 0.4) is 0 Å². The lowest BCUT2D eigenvalue weighted by molar-refractivity contribution is 1.09. The molecule has 2 aromatic heterocycles. The van der Waals surface area contributed by atoms with E-state index in [1.165, 1.54) is 5.56 Å². The summed E-state index contributed by atoms with van der Waals surface area (Å²) in [6.07, 6.45) is 5.32. The summed E-state index contributed by atoms with van der Waals surface area (Å²) in [5.41, 5.74) is 1.17. The molecule has 0 spiro atoms. The molecular formula is C11H9Br2N3. The highest BCUT2D eigenvalue weighted by Gasteiger charge is 2.01. The number of anilines is 1. The SMILES string of the molecule is Brc1cnc(NCc2ccncc2)c(Br)c1. The molecule has 0 saturated heterocycles. The first-order chi connectivity index (χ1) is 7.75. The largest absolute Gasteiger partial charge is 0.365 e. The summed E-state index contributed by atoms with van der Waals surface area (Å²) in [6.45, 7) is 0.732. The molecule has 0 bridgehead atoms. The molecule has 16 heavy (non-hydrogen) atoms. The molecule has 0 amide bonds. The van der Waals surface area contributed by atoms with Crippen molar-refractivity contribution in [1.29, 1.82) is 0 Å². The molecule has 0 aliphatic heterocycles. The summed E-state index contributed by atoms with van der Waals surface area (Å²) < 4.78 is 1.89. The van der Waals surface area contributed by atoms with Crippen LogP contribution in [-0.4, -0.2) is 9.97 Å². The number of nitrogens with zero attached hydrogens (tertiary/aromatic N) is 2. The van der Waals surface area contributed by atoms with Gasteiger partial charge in [-0.05, 0) is 55.6 Å². The summed E-state index contributed by atoms with van der Waals surface area (Å²) in [7, 11) is 0. The summed E-state index contributed by atoms with van der Waals surface area (Å²) in [5, 5.41) is 3.25. The van der Waals surface area contributed by atoms with E-state index in [0.29, 0.717) is 0 Å². The second-order valence-corrected chi connectivity index (χ2v) is 4.96. The quantitative estimate of drug-likeness (QED) is 0.925. The molecule has 0 aromatic carbocycles. The average molecular weight is 343 g/mol. The molecule has 2 rings (SSSR count). The smallest absolute Gasteiger partial charge is 0.140 e. The average Bonchev–Trinajstić information content (AvgIpc) is 2.29. The van der Waals surface area contributed by atoms with E-state index in [4.69, 9.17) is 0 Å². The molecule has 0 atom stereocenters. The minimum absolute atomic E-state index is 0.732. The van der Waals surface area contributed by atoms with Crippen LogP contribution in [0.4, 0.5) is 5.82 Å². The number of hydrogen-bond acceptors (Lipinski definition) is 3. The molecule has 5 heteroatoms. The molecule has 0 saturated carbocycles. The maximum atomic E-state index is 4.27. The van der Waals surface area contributed by atoms with Crippen molar-refractivity contribution in [3.05, 3.63) is 51.3 Å². The van der Waals surface area contributed by atoms with Crippen molar-refractivity contribution in [2.75, 3.05) is 5.32 Å². The Balaban J connectivity index is 2.05. The fourth-order valence-electron chi connectivity index (χ4n) is 1.23. The van der Waals surface area contributed by atoms with Gasteiger partial charge in [-0.2, -0.15) is 0 Å². The summed E-state index contributed by atoms with van der Waals surface area (Å²) in [5.74, 6) is 0.833. The number of rotatable bonds is 3. The molecule has 0 radical (unpaired) electrons. The van der Waals surface area contributed by atoms with Crippen molar-refractivity contribution in [3.63, 3.8) is 0 Å². The normalized spacial score (nSPS) is 10.1. The van der Waals surface area contributed by atoms with Gasteiger partial charge in [-0.25, -0.2) is 4.98 Å². The highest BCUT2D eigenvalue weighted by Crippen LogP contribution is 2.23. The maximum absolute atomic E-state index is 4.27. The predicted octanol–water partition coefficient (Wildman–Crippen LogP) is 3.61. The molecule has 0 aliphatic carbocycles. The van der Waals surface area contributed by atoms with Crippen LogP contribution in [0.5, 0.6) is 0 Å². The van der Waals surface area contributed by atoms with Crippen LogP contribution < -0.4 is 5.32 Å². The number of hydrogen-bond donors (Lipinski definition) is 1. The third-order valence-electron chi connectivity index (χ3n) is 2.02. The van der Waals surface area contributed by atoms with Gasteiger partial charge in [0.05, 0.1) is 4.47 Å². The zero-order valence-corrected chi connectivity index (χ0v) is 11.5. The van der Waals surface area contributed by atoms with Crippen molar-refractivity contribution in [2.24, 2.45) is 0 Å². The van der Waals surface area contributed by atoms with E-state index in [-0.39, 0.29) is 0 Å². The molecule has 0 aliphatic rings. The lowest BCUT2D eigenvalue weighted by Gasteiger charge is -2.07. The Kier molecular flexibility index (Phi) is 3.90. The Morgan fingerprint density at radius 2 is 1.94 bits per heavy atom. The molecule has 0 fully saturated rings. The summed E-state index contributed by atoms with van der Waals surface area (Å²) in [4.78, 5) is 8.24. The minimum atomic E-state index is 0.732. The Labute approximate surface area is 111 Å². The van der Waals surface area contributed by atoms with Crippen molar-refractivity contribution in [2.45, 2.75) is 6.54 Å². The molecule has 2 heterocycles. The van der Waals surface area contributed by atoms with Crippen LogP contribution in [0.15, 0.2) is 45.7 Å². The van der Waals surface area contributed by atoms with E-state index < -0.39 is 0 Å².